The summed E-state index contributed by atoms with van der Waals surface area (Å²) < 4.78 is 140. The second-order valence-corrected chi connectivity index (χ2v) is 34.7. The highest BCUT2D eigenvalue weighted by atomic mass is 79.9. The largest absolute Gasteiger partial charge is 0.505 e. The summed E-state index contributed by atoms with van der Waals surface area (Å²) in [5, 5.41) is 47.6. The molecule has 4 aliphatic carbocycles. The standard InChI is InChI=1S/C17H21BFNO3.C15H10ClF2N3O.C12H24B2O4.C11H9BrFNO.C8H13N3O.C6H4BrFO.C6H9N.C4HCl2FN2/c1-15(2)16(3,4)23-18(22-15)12-5-6-14(13(19)9-12)21-11-17(10-20)7-8-17;16-14-20-6-11(18)13(21-14)9-1-2-12(10(17)5-9)22-8-15(7-19)3-4-15;1-9(2)10(3,4)16-13(15-9)14-17-11(5,6)12(7,8)18-14;12-8-1-2-10(9(13)5-8)15-7-11(6-14)3-4-11;9-7-5-10-11(6-7)8-1-3-12-4-2-8;7-4-1-2-6(9)5(8)3-4;1-2-6(5-7)3-4-6;5-3-2(7)1-8-4(6)9-3/h5-6,9H,7-8,11H2,1-4H3;1-2,5-6H,3-4,8H2;1-8H3;1-2,5H,3-4,7H2;5-6,8H,1-4,9H2;1-3,9H;2-4H2,1H3;1H. The Balaban J connectivity index is 0.000000169. The van der Waals surface area contributed by atoms with Crippen LogP contribution in [0.4, 0.5) is 32.0 Å². The van der Waals surface area contributed by atoms with Crippen LogP contribution in [0.2, 0.25) is 15.7 Å². The van der Waals surface area contributed by atoms with Gasteiger partial charge in [0.15, 0.2) is 63.1 Å². The Hall–Kier alpha value is -7.47. The van der Waals surface area contributed by atoms with Crippen LogP contribution in [-0.2, 0) is 32.7 Å². The fourth-order valence-electron chi connectivity index (χ4n) is 10.6. The van der Waals surface area contributed by atoms with E-state index in [1.165, 1.54) is 36.4 Å². The number of aromatic hydroxyl groups is 1. The molecule has 4 saturated carbocycles. The average Bonchev–Trinajstić information content (AvgIpc) is 1.60. The van der Waals surface area contributed by atoms with E-state index in [-0.39, 0.29) is 103 Å². The fourth-order valence-corrected chi connectivity index (χ4v) is 11.7. The zero-order chi connectivity index (χ0) is 84.9. The molecule has 0 bridgehead atoms. The molecule has 0 atom stereocenters. The highest BCUT2D eigenvalue weighted by Gasteiger charge is 2.64. The van der Waals surface area contributed by atoms with Crippen molar-refractivity contribution in [2.45, 2.75) is 200 Å². The summed E-state index contributed by atoms with van der Waals surface area (Å²) in [4.78, 5) is 13.9. The molecule has 4 saturated heterocycles. The van der Waals surface area contributed by atoms with Gasteiger partial charge in [0.05, 0.1) is 110 Å². The van der Waals surface area contributed by atoms with E-state index < -0.39 is 78.1 Å². The van der Waals surface area contributed by atoms with Crippen LogP contribution < -0.4 is 25.4 Å². The molecule has 8 aliphatic rings. The van der Waals surface area contributed by atoms with Crippen LogP contribution in [0.15, 0.2) is 107 Å². The highest BCUT2D eigenvalue weighted by Crippen LogP contribution is 2.49. The Morgan fingerprint density at radius 1 is 0.513 bits per heavy atom. The summed E-state index contributed by atoms with van der Waals surface area (Å²) in [6.07, 6.45) is 15.7. The van der Waals surface area contributed by atoms with Gasteiger partial charge in [-0.2, -0.15) is 26.1 Å². The molecule has 22 nitrogen and oxygen atoms in total. The number of halogens is 11. The highest BCUT2D eigenvalue weighted by molar-refractivity contribution is 9.10. The number of nitriles is 4. The van der Waals surface area contributed by atoms with E-state index in [0.717, 1.165) is 108 Å². The predicted molar refractivity (Wildman–Crippen MR) is 430 cm³/mol. The first-order valence-electron chi connectivity index (χ1n) is 37.0. The molecule has 0 radical (unpaired) electrons. The van der Waals surface area contributed by atoms with Gasteiger partial charge in [-0.15, -0.1) is 0 Å². The van der Waals surface area contributed by atoms with Gasteiger partial charge in [0.1, 0.15) is 25.5 Å². The summed E-state index contributed by atoms with van der Waals surface area (Å²) in [7, 11) is -1.55. The Labute approximate surface area is 699 Å². The number of nitrogen functional groups attached to an aromatic ring is 1. The monoisotopic (exact) mass is 1780 g/mol. The Morgan fingerprint density at radius 3 is 1.26 bits per heavy atom. The molecule has 115 heavy (non-hydrogen) atoms. The number of nitrogens with two attached hydrogens (primary N) is 1. The van der Waals surface area contributed by atoms with Crippen molar-refractivity contribution >= 4 is 98.9 Å². The first-order valence-corrected chi connectivity index (χ1v) is 39.7. The maximum absolute atomic E-state index is 14.3. The number of phenolic OH excluding ortho intramolecular Hbond substituents is 1. The van der Waals surface area contributed by atoms with Crippen LogP contribution in [0.5, 0.6) is 23.0 Å². The van der Waals surface area contributed by atoms with E-state index >= 15 is 0 Å². The summed E-state index contributed by atoms with van der Waals surface area (Å²) in [6, 6.07) is 26.7. The van der Waals surface area contributed by atoms with Crippen molar-refractivity contribution in [1.29, 1.82) is 21.0 Å². The van der Waals surface area contributed by atoms with Gasteiger partial charge in [-0.05, 0) is 249 Å². The lowest BCUT2D eigenvalue weighted by molar-refractivity contribution is 0.00578. The molecule has 0 spiro atoms. The van der Waals surface area contributed by atoms with E-state index in [0.29, 0.717) is 20.5 Å². The van der Waals surface area contributed by atoms with E-state index in [9.17, 15) is 26.3 Å². The maximum Gasteiger partial charge on any atom is 0.494 e. The molecule has 3 aromatic heterocycles. The lowest BCUT2D eigenvalue weighted by Gasteiger charge is -2.32. The molecule has 8 fully saturated rings. The van der Waals surface area contributed by atoms with Crippen molar-refractivity contribution in [3.8, 4) is 58.5 Å². The fraction of sp³-hybridized carbons (Fsp3) is 0.506. The summed E-state index contributed by atoms with van der Waals surface area (Å²) in [5.74, 6) is -3.43. The average molecular weight is 1780 g/mol. The molecular formula is C79H91B3Br2Cl3F6N11O11. The first kappa shape index (κ1) is 93.0. The van der Waals surface area contributed by atoms with Gasteiger partial charge in [0, 0.05) is 33.9 Å². The van der Waals surface area contributed by atoms with Gasteiger partial charge in [-0.1, -0.05) is 56.5 Å². The molecule has 4 aliphatic heterocycles. The molecule has 7 aromatic rings. The summed E-state index contributed by atoms with van der Waals surface area (Å²) in [6.45, 7) is 28.4. The van der Waals surface area contributed by atoms with Gasteiger partial charge in [0.25, 0.3) is 0 Å². The molecule has 3 N–H and O–H groups in total. The second-order valence-electron chi connectivity index (χ2n) is 31.8. The SMILES string of the molecule is CC1(C)OB(B2OC(C)(C)C(C)(C)O2)OC1(C)C.CC1(C)OB(c2ccc(OCC3(C#N)CC3)c(F)c2)OC1(C)C.CCC1(C#N)CC1.Fc1cnc(Cl)nc1Cl.N#CC1(COc2ccc(-c3nc(Cl)ncc3F)cc2F)CC1.N#CC1(COc2ccc(Br)cc2F)CC1.Nc1cnn(C2CCOCC2)c1.Oc1ccc(Br)cc1F. The third kappa shape index (κ3) is 25.5. The second kappa shape index (κ2) is 38.5. The van der Waals surface area contributed by atoms with E-state index in [1.54, 1.807) is 36.5 Å². The van der Waals surface area contributed by atoms with Crippen LogP contribution in [0.1, 0.15) is 167 Å². The number of rotatable bonds is 14. The topological polar surface area (TPSA) is 303 Å². The zero-order valence-corrected chi connectivity index (χ0v) is 71.5. The van der Waals surface area contributed by atoms with Gasteiger partial charge < -0.3 is 57.7 Å². The van der Waals surface area contributed by atoms with E-state index in [2.05, 4.69) is 88.1 Å². The van der Waals surface area contributed by atoms with Crippen molar-refractivity contribution in [1.82, 2.24) is 29.7 Å². The number of hydrogen-bond donors (Lipinski definition) is 2. The van der Waals surface area contributed by atoms with Crippen LogP contribution in [0.3, 0.4) is 0 Å². The van der Waals surface area contributed by atoms with E-state index in [4.69, 9.17) is 114 Å². The smallest absolute Gasteiger partial charge is 0.494 e. The predicted octanol–water partition coefficient (Wildman–Crippen LogP) is 18.8. The molecule has 15 rings (SSSR count). The number of anilines is 1. The van der Waals surface area contributed by atoms with Crippen LogP contribution in [0, 0.1) is 102 Å². The van der Waals surface area contributed by atoms with Crippen molar-refractivity contribution in [3.63, 3.8) is 0 Å². The molecule has 7 heterocycles. The number of nitrogens with zero attached hydrogens (tertiary/aromatic N) is 10. The lowest BCUT2D eigenvalue weighted by Crippen LogP contribution is -2.41. The quantitative estimate of drug-likeness (QED) is 0.0442. The number of aromatic nitrogens is 6. The van der Waals surface area contributed by atoms with Crippen molar-refractivity contribution in [2.24, 2.45) is 21.7 Å². The number of ether oxygens (including phenoxy) is 4. The van der Waals surface area contributed by atoms with E-state index in [1.807, 2.05) is 94.0 Å². The molecule has 0 amide bonds. The normalized spacial score (nSPS) is 19.8. The minimum Gasteiger partial charge on any atom is -0.505 e. The van der Waals surface area contributed by atoms with Crippen LogP contribution in [-0.4, -0.2) is 123 Å². The lowest BCUT2D eigenvalue weighted by atomic mass is 9.49. The van der Waals surface area contributed by atoms with Gasteiger partial charge in [-0.25, -0.2) is 46.3 Å². The molecule has 614 valence electrons. The molecule has 0 unspecified atom stereocenters. The Morgan fingerprint density at radius 2 is 0.904 bits per heavy atom. The van der Waals surface area contributed by atoms with Gasteiger partial charge in [-0.3, -0.25) is 4.68 Å². The maximum atomic E-state index is 14.3. The minimum absolute atomic E-state index is 0.0193. The molecular weight excluding hydrogens is 1690 g/mol. The van der Waals surface area contributed by atoms with Crippen molar-refractivity contribution < 1.29 is 78.3 Å². The Kier molecular flexibility index (Phi) is 31.2. The molecule has 4 aromatic carbocycles. The summed E-state index contributed by atoms with van der Waals surface area (Å²) in [5.41, 5.74) is 3.58. The Bertz CT molecular complexity index is 4580. The van der Waals surface area contributed by atoms with Gasteiger partial charge in [0.2, 0.25) is 10.6 Å². The van der Waals surface area contributed by atoms with Crippen molar-refractivity contribution in [3.05, 3.63) is 157 Å². The van der Waals surface area contributed by atoms with Crippen molar-refractivity contribution in [2.75, 3.05) is 38.8 Å². The van der Waals surface area contributed by atoms with Crippen LogP contribution >= 0.6 is 66.7 Å². The van der Waals surface area contributed by atoms with Gasteiger partial charge >= 0.3 is 21.1 Å². The third-order valence-electron chi connectivity index (χ3n) is 21.4. The minimum atomic E-state index is -0.695. The number of hydrogen-bond acceptors (Lipinski definition) is 21. The van der Waals surface area contributed by atoms with Crippen LogP contribution in [0.25, 0.3) is 11.3 Å². The molecule has 36 heteroatoms. The number of benzene rings is 4. The number of phenols is 1. The summed E-state index contributed by atoms with van der Waals surface area (Å²) >= 11 is 22.3. The zero-order valence-electron chi connectivity index (χ0n) is 66.1. The first-order chi connectivity index (χ1) is 53.8. The third-order valence-corrected chi connectivity index (χ3v) is 23.0.